The predicted octanol–water partition coefficient (Wildman–Crippen LogP) is 3.10. The second kappa shape index (κ2) is 5.44. The van der Waals surface area contributed by atoms with Crippen LogP contribution >= 0.6 is 0 Å². The Balaban J connectivity index is 2.61. The molecule has 0 fully saturated rings. The Morgan fingerprint density at radius 1 is 1.32 bits per heavy atom. The quantitative estimate of drug-likeness (QED) is 0.851. The molecule has 0 aliphatic carbocycles. The molecule has 2 aromatic rings. The number of rotatable bonds is 3. The number of benzene rings is 1. The molecule has 19 heavy (non-hydrogen) atoms. The van der Waals surface area contributed by atoms with E-state index in [1.54, 1.807) is 6.07 Å². The lowest BCUT2D eigenvalue weighted by molar-refractivity contribution is 0.397. The molecule has 0 radical (unpaired) electrons. The Morgan fingerprint density at radius 2 is 2.11 bits per heavy atom. The summed E-state index contributed by atoms with van der Waals surface area (Å²) in [4.78, 5) is 3.97. The van der Waals surface area contributed by atoms with Crippen molar-refractivity contribution in [2.45, 2.75) is 6.42 Å². The minimum atomic E-state index is -0.950. The molecular weight excluding hydrogens is 250 g/mol. The number of aromatic nitrogens is 1. The largest absolute Gasteiger partial charge is 0.481 e. The van der Waals surface area contributed by atoms with E-state index in [0.717, 1.165) is 6.07 Å². The summed E-state index contributed by atoms with van der Waals surface area (Å²) in [5.41, 5.74) is 1.01. The van der Waals surface area contributed by atoms with Crippen LogP contribution in [0, 0.1) is 23.0 Å². The van der Waals surface area contributed by atoms with E-state index in [1.165, 1.54) is 25.4 Å². The highest BCUT2D eigenvalue weighted by atomic mass is 19.2. The molecule has 0 aliphatic rings. The van der Waals surface area contributed by atoms with Crippen LogP contribution in [-0.4, -0.2) is 12.1 Å². The van der Waals surface area contributed by atoms with Crippen molar-refractivity contribution in [3.05, 3.63) is 47.7 Å². The number of methoxy groups -OCH3 is 1. The van der Waals surface area contributed by atoms with Gasteiger partial charge in [0.2, 0.25) is 5.88 Å². The molecule has 2 rings (SSSR count). The topological polar surface area (TPSA) is 45.9 Å². The maximum absolute atomic E-state index is 13.8. The highest BCUT2D eigenvalue weighted by Crippen LogP contribution is 2.29. The summed E-state index contributed by atoms with van der Waals surface area (Å²) in [6, 6.07) is 7.42. The van der Waals surface area contributed by atoms with Gasteiger partial charge in [0, 0.05) is 23.4 Å². The monoisotopic (exact) mass is 260 g/mol. The molecule has 0 spiro atoms. The number of hydrogen-bond donors (Lipinski definition) is 0. The summed E-state index contributed by atoms with van der Waals surface area (Å²) in [7, 11) is 1.45. The first kappa shape index (κ1) is 13.0. The number of nitrogens with zero attached hydrogens (tertiary/aromatic N) is 2. The Hall–Kier alpha value is -2.48. The van der Waals surface area contributed by atoms with Crippen molar-refractivity contribution >= 4 is 0 Å². The van der Waals surface area contributed by atoms with Crippen molar-refractivity contribution in [1.29, 1.82) is 5.26 Å². The SMILES string of the molecule is COc1cc(CC#N)c(-c2cccc(F)c2F)cn1. The Bertz CT molecular complexity index is 650. The molecule has 0 saturated carbocycles. The maximum atomic E-state index is 13.8. The third kappa shape index (κ3) is 2.52. The number of ether oxygens (including phenoxy) is 1. The number of hydrogen-bond acceptors (Lipinski definition) is 3. The summed E-state index contributed by atoms with van der Waals surface area (Å²) in [5.74, 6) is -1.56. The van der Waals surface area contributed by atoms with Crippen molar-refractivity contribution in [1.82, 2.24) is 4.98 Å². The second-order valence-electron chi connectivity index (χ2n) is 3.82. The number of pyridine rings is 1. The molecule has 5 heteroatoms. The van der Waals surface area contributed by atoms with Gasteiger partial charge in [-0.15, -0.1) is 0 Å². The minimum Gasteiger partial charge on any atom is -0.481 e. The van der Waals surface area contributed by atoms with Gasteiger partial charge >= 0.3 is 0 Å². The number of nitriles is 1. The fourth-order valence-corrected chi connectivity index (χ4v) is 1.77. The fourth-order valence-electron chi connectivity index (χ4n) is 1.77. The Labute approximate surface area is 109 Å². The van der Waals surface area contributed by atoms with Crippen molar-refractivity contribution in [2.75, 3.05) is 7.11 Å². The average molecular weight is 260 g/mol. The van der Waals surface area contributed by atoms with Crippen LogP contribution in [0.3, 0.4) is 0 Å². The summed E-state index contributed by atoms with van der Waals surface area (Å²) >= 11 is 0. The van der Waals surface area contributed by atoms with Crippen LogP contribution in [0.1, 0.15) is 5.56 Å². The molecule has 0 amide bonds. The zero-order valence-electron chi connectivity index (χ0n) is 10.2. The van der Waals surface area contributed by atoms with Gasteiger partial charge in [-0.3, -0.25) is 0 Å². The summed E-state index contributed by atoms with van der Waals surface area (Å²) in [5, 5.41) is 8.80. The molecule has 0 atom stereocenters. The molecule has 0 saturated heterocycles. The van der Waals surface area contributed by atoms with E-state index in [9.17, 15) is 8.78 Å². The molecule has 0 N–H and O–H groups in total. The highest BCUT2D eigenvalue weighted by Gasteiger charge is 2.14. The van der Waals surface area contributed by atoms with E-state index in [2.05, 4.69) is 4.98 Å². The van der Waals surface area contributed by atoms with Crippen LogP contribution in [0.5, 0.6) is 5.88 Å². The van der Waals surface area contributed by atoms with Crippen LogP contribution in [0.4, 0.5) is 8.78 Å². The second-order valence-corrected chi connectivity index (χ2v) is 3.82. The zero-order valence-corrected chi connectivity index (χ0v) is 10.2. The zero-order chi connectivity index (χ0) is 13.8. The molecule has 0 bridgehead atoms. The van der Waals surface area contributed by atoms with E-state index in [4.69, 9.17) is 10.00 Å². The molecular formula is C14H10F2N2O. The van der Waals surface area contributed by atoms with E-state index < -0.39 is 11.6 Å². The Morgan fingerprint density at radius 3 is 2.79 bits per heavy atom. The van der Waals surface area contributed by atoms with Crippen molar-refractivity contribution in [3.8, 4) is 23.1 Å². The predicted molar refractivity (Wildman–Crippen MR) is 65.5 cm³/mol. The number of halogens is 2. The molecule has 0 unspecified atom stereocenters. The molecule has 96 valence electrons. The molecule has 1 aromatic carbocycles. The van der Waals surface area contributed by atoms with Gasteiger partial charge in [-0.1, -0.05) is 12.1 Å². The van der Waals surface area contributed by atoms with Gasteiger partial charge < -0.3 is 4.74 Å². The van der Waals surface area contributed by atoms with E-state index in [0.29, 0.717) is 17.0 Å². The van der Waals surface area contributed by atoms with Gasteiger partial charge in [-0.25, -0.2) is 13.8 Å². The molecule has 1 heterocycles. The third-order valence-electron chi connectivity index (χ3n) is 2.68. The lowest BCUT2D eigenvalue weighted by atomic mass is 9.99. The standard InChI is InChI=1S/C14H10F2N2O/c1-19-13-7-9(5-6-17)11(8-18-13)10-3-2-4-12(15)14(10)16/h2-4,7-8H,5H2,1H3. The van der Waals surface area contributed by atoms with Gasteiger partial charge in [0.1, 0.15) is 0 Å². The van der Waals surface area contributed by atoms with Crippen molar-refractivity contribution in [2.24, 2.45) is 0 Å². The lowest BCUT2D eigenvalue weighted by Gasteiger charge is -2.09. The lowest BCUT2D eigenvalue weighted by Crippen LogP contribution is -1.97. The van der Waals surface area contributed by atoms with Crippen LogP contribution in [0.2, 0.25) is 0 Å². The fraction of sp³-hybridized carbons (Fsp3) is 0.143. The minimum absolute atomic E-state index is 0.0597. The van der Waals surface area contributed by atoms with Gasteiger partial charge in [-0.05, 0) is 11.6 Å². The van der Waals surface area contributed by atoms with E-state index in [1.807, 2.05) is 6.07 Å². The summed E-state index contributed by atoms with van der Waals surface area (Å²) < 4.78 is 32.0. The van der Waals surface area contributed by atoms with Crippen LogP contribution in [-0.2, 0) is 6.42 Å². The average Bonchev–Trinajstić information content (AvgIpc) is 2.42. The molecule has 3 nitrogen and oxygen atoms in total. The maximum Gasteiger partial charge on any atom is 0.213 e. The van der Waals surface area contributed by atoms with Crippen LogP contribution < -0.4 is 4.74 Å². The van der Waals surface area contributed by atoms with Crippen LogP contribution in [0.15, 0.2) is 30.5 Å². The van der Waals surface area contributed by atoms with Gasteiger partial charge in [0.05, 0.1) is 19.6 Å². The molecule has 1 aromatic heterocycles. The first-order valence-electron chi connectivity index (χ1n) is 5.51. The van der Waals surface area contributed by atoms with Gasteiger partial charge in [0.15, 0.2) is 11.6 Å². The smallest absolute Gasteiger partial charge is 0.213 e. The molecule has 0 aliphatic heterocycles. The third-order valence-corrected chi connectivity index (χ3v) is 2.68. The summed E-state index contributed by atoms with van der Waals surface area (Å²) in [6.07, 6.45) is 1.44. The first-order valence-corrected chi connectivity index (χ1v) is 5.51. The van der Waals surface area contributed by atoms with E-state index in [-0.39, 0.29) is 12.0 Å². The van der Waals surface area contributed by atoms with Crippen molar-refractivity contribution < 1.29 is 13.5 Å². The van der Waals surface area contributed by atoms with Gasteiger partial charge in [-0.2, -0.15) is 5.26 Å². The van der Waals surface area contributed by atoms with E-state index >= 15 is 0 Å². The first-order chi connectivity index (χ1) is 9.17. The normalized spacial score (nSPS) is 10.0. The Kier molecular flexibility index (Phi) is 3.71. The highest BCUT2D eigenvalue weighted by molar-refractivity contribution is 5.68. The van der Waals surface area contributed by atoms with Crippen LogP contribution in [0.25, 0.3) is 11.1 Å². The summed E-state index contributed by atoms with van der Waals surface area (Å²) in [6.45, 7) is 0. The van der Waals surface area contributed by atoms with Gasteiger partial charge in [0.25, 0.3) is 0 Å². The van der Waals surface area contributed by atoms with Crippen molar-refractivity contribution in [3.63, 3.8) is 0 Å².